The predicted molar refractivity (Wildman–Crippen MR) is 134 cm³/mol. The smallest absolute Gasteiger partial charge is 0.234 e. The van der Waals surface area contributed by atoms with Gasteiger partial charge in [-0.2, -0.15) is 0 Å². The first kappa shape index (κ1) is 22.9. The molecule has 5 rings (SSSR count). The molecule has 0 radical (unpaired) electrons. The third kappa shape index (κ3) is 4.32. The van der Waals surface area contributed by atoms with Crippen LogP contribution in [0.5, 0.6) is 0 Å². The second kappa shape index (κ2) is 8.43. The lowest BCUT2D eigenvalue weighted by atomic mass is 9.90. The molecule has 0 atom stereocenters. The molecule has 4 aromatic heterocycles. The molecule has 1 aliphatic rings. The Morgan fingerprint density at radius 1 is 0.647 bits per heavy atom. The molecule has 0 unspecified atom stereocenters. The Labute approximate surface area is 201 Å². The predicted octanol–water partition coefficient (Wildman–Crippen LogP) is 3.68. The van der Waals surface area contributed by atoms with Gasteiger partial charge in [-0.3, -0.25) is 18.6 Å². The van der Waals surface area contributed by atoms with Gasteiger partial charge in [-0.05, 0) is 12.1 Å². The fourth-order valence-corrected chi connectivity index (χ4v) is 4.90. The summed E-state index contributed by atoms with van der Waals surface area (Å²) in [6.07, 6.45) is 7.81. The van der Waals surface area contributed by atoms with Crippen molar-refractivity contribution >= 4 is 11.6 Å². The van der Waals surface area contributed by atoms with Crippen molar-refractivity contribution in [2.75, 3.05) is 26.2 Å². The summed E-state index contributed by atoms with van der Waals surface area (Å²) in [5.74, 6) is 1.58. The number of hydrogen-bond donors (Lipinski definition) is 0. The second-order valence-electron chi connectivity index (χ2n) is 11.4. The highest BCUT2D eigenvalue weighted by Crippen LogP contribution is 2.29. The topological polar surface area (TPSA) is 66.9 Å². The monoisotopic (exact) mass is 460 g/mol. The molecular formula is C26H36N8. The summed E-state index contributed by atoms with van der Waals surface area (Å²) in [6, 6.07) is 3.97. The van der Waals surface area contributed by atoms with Gasteiger partial charge in [-0.1, -0.05) is 41.5 Å². The van der Waals surface area contributed by atoms with Crippen LogP contribution < -0.4 is 0 Å². The van der Waals surface area contributed by atoms with Crippen LogP contribution in [-0.2, 0) is 23.9 Å². The zero-order valence-corrected chi connectivity index (χ0v) is 21.3. The molecule has 1 saturated heterocycles. The maximum absolute atomic E-state index is 4.88. The number of fused-ring (bicyclic) bond motifs is 2. The molecule has 180 valence electrons. The summed E-state index contributed by atoms with van der Waals surface area (Å²) in [5, 5.41) is 0. The van der Waals surface area contributed by atoms with Crippen molar-refractivity contribution in [2.24, 2.45) is 0 Å². The zero-order valence-electron chi connectivity index (χ0n) is 21.3. The van der Waals surface area contributed by atoms with Crippen LogP contribution in [0.15, 0.2) is 36.9 Å². The van der Waals surface area contributed by atoms with E-state index < -0.39 is 0 Å². The van der Waals surface area contributed by atoms with Crippen LogP contribution in [0.4, 0.5) is 0 Å². The highest BCUT2D eigenvalue weighted by molar-refractivity contribution is 5.39. The largest absolute Gasteiger partial charge is 0.295 e. The van der Waals surface area contributed by atoms with E-state index in [1.807, 2.05) is 24.5 Å². The Kier molecular flexibility index (Phi) is 5.68. The molecule has 1 fully saturated rings. The summed E-state index contributed by atoms with van der Waals surface area (Å²) in [6.45, 7) is 19.3. The molecule has 0 N–H and O–H groups in total. The van der Waals surface area contributed by atoms with Crippen molar-refractivity contribution < 1.29 is 0 Å². The van der Waals surface area contributed by atoms with Crippen LogP contribution in [0.2, 0.25) is 0 Å². The Morgan fingerprint density at radius 2 is 1.03 bits per heavy atom. The van der Waals surface area contributed by atoms with Crippen molar-refractivity contribution in [1.82, 2.24) is 38.5 Å². The van der Waals surface area contributed by atoms with E-state index in [9.17, 15) is 0 Å². The fourth-order valence-electron chi connectivity index (χ4n) is 4.90. The average Bonchev–Trinajstić information content (AvgIpc) is 3.34. The fraction of sp³-hybridized carbons (Fsp3) is 0.538. The van der Waals surface area contributed by atoms with Gasteiger partial charge in [0.15, 0.2) is 0 Å². The summed E-state index contributed by atoms with van der Waals surface area (Å²) in [7, 11) is 0. The average molecular weight is 461 g/mol. The van der Waals surface area contributed by atoms with Gasteiger partial charge in [-0.25, -0.2) is 19.9 Å². The van der Waals surface area contributed by atoms with E-state index in [2.05, 4.69) is 82.5 Å². The SMILES string of the molecule is CC(C)(C)c1nc2ncccn2c1CN1CCN(Cc2c(C(C)(C)C)nc3ncccn23)CC1. The molecule has 0 saturated carbocycles. The van der Waals surface area contributed by atoms with Gasteiger partial charge in [-0.15, -0.1) is 0 Å². The maximum Gasteiger partial charge on any atom is 0.234 e. The number of imidazole rings is 2. The second-order valence-corrected chi connectivity index (χ2v) is 11.4. The number of rotatable bonds is 4. The molecule has 8 heteroatoms. The van der Waals surface area contributed by atoms with Gasteiger partial charge in [0.2, 0.25) is 11.6 Å². The first-order valence-electron chi connectivity index (χ1n) is 12.2. The first-order chi connectivity index (χ1) is 16.1. The minimum absolute atomic E-state index is 0.0225. The zero-order chi connectivity index (χ0) is 24.1. The third-order valence-corrected chi connectivity index (χ3v) is 6.64. The summed E-state index contributed by atoms with van der Waals surface area (Å²) in [5.41, 5.74) is 4.75. The van der Waals surface area contributed by atoms with Crippen LogP contribution in [-0.4, -0.2) is 64.7 Å². The number of nitrogens with zero attached hydrogens (tertiary/aromatic N) is 8. The molecule has 0 aromatic carbocycles. The Bertz CT molecular complexity index is 1190. The minimum Gasteiger partial charge on any atom is -0.295 e. The third-order valence-electron chi connectivity index (χ3n) is 6.64. The van der Waals surface area contributed by atoms with Crippen LogP contribution in [0, 0.1) is 0 Å². The normalized spacial score (nSPS) is 16.6. The molecule has 1 aliphatic heterocycles. The van der Waals surface area contributed by atoms with Crippen molar-refractivity contribution in [3.8, 4) is 0 Å². The lowest BCUT2D eigenvalue weighted by molar-refractivity contribution is 0.118. The van der Waals surface area contributed by atoms with E-state index in [1.165, 1.54) is 11.4 Å². The van der Waals surface area contributed by atoms with E-state index >= 15 is 0 Å². The molecule has 0 spiro atoms. The summed E-state index contributed by atoms with van der Waals surface area (Å²) in [4.78, 5) is 23.8. The molecule has 0 bridgehead atoms. The van der Waals surface area contributed by atoms with Gasteiger partial charge < -0.3 is 0 Å². The van der Waals surface area contributed by atoms with Gasteiger partial charge in [0.05, 0.1) is 22.8 Å². The number of aromatic nitrogens is 6. The summed E-state index contributed by atoms with van der Waals surface area (Å²) < 4.78 is 4.32. The van der Waals surface area contributed by atoms with E-state index in [0.29, 0.717) is 0 Å². The molecule has 8 nitrogen and oxygen atoms in total. The van der Waals surface area contributed by atoms with Crippen molar-refractivity contribution in [2.45, 2.75) is 65.5 Å². The van der Waals surface area contributed by atoms with Gasteiger partial charge in [0.25, 0.3) is 0 Å². The summed E-state index contributed by atoms with van der Waals surface area (Å²) >= 11 is 0. The molecular weight excluding hydrogens is 424 g/mol. The standard InChI is InChI=1S/C26H36N8/c1-25(2,3)21-19(33-11-7-9-27-23(33)29-21)17-31-13-15-32(16-14-31)18-20-22(26(4,5)6)30-24-28-10-8-12-34(20)24/h7-12H,13-18H2,1-6H3. The van der Waals surface area contributed by atoms with Crippen LogP contribution in [0.1, 0.15) is 64.3 Å². The molecule has 4 aromatic rings. The number of hydrogen-bond acceptors (Lipinski definition) is 6. The molecule has 34 heavy (non-hydrogen) atoms. The first-order valence-corrected chi connectivity index (χ1v) is 12.2. The van der Waals surface area contributed by atoms with Crippen molar-refractivity contribution in [3.05, 3.63) is 59.7 Å². The molecule has 0 amide bonds. The highest BCUT2D eigenvalue weighted by atomic mass is 15.3. The van der Waals surface area contributed by atoms with Gasteiger partial charge >= 0.3 is 0 Å². The van der Waals surface area contributed by atoms with Crippen LogP contribution in [0.25, 0.3) is 11.6 Å². The number of piperazine rings is 1. The van der Waals surface area contributed by atoms with E-state index in [0.717, 1.165) is 62.2 Å². The van der Waals surface area contributed by atoms with Gasteiger partial charge in [0.1, 0.15) is 0 Å². The molecule has 0 aliphatic carbocycles. The van der Waals surface area contributed by atoms with Crippen LogP contribution in [0.3, 0.4) is 0 Å². The van der Waals surface area contributed by atoms with Crippen LogP contribution >= 0.6 is 0 Å². The quantitative estimate of drug-likeness (QED) is 0.463. The molecule has 5 heterocycles. The Balaban J connectivity index is 1.33. The Morgan fingerprint density at radius 3 is 1.38 bits per heavy atom. The van der Waals surface area contributed by atoms with E-state index in [-0.39, 0.29) is 10.8 Å². The van der Waals surface area contributed by atoms with Crippen molar-refractivity contribution in [3.63, 3.8) is 0 Å². The van der Waals surface area contributed by atoms with E-state index in [1.54, 1.807) is 0 Å². The Hall–Kier alpha value is -2.84. The minimum atomic E-state index is -0.0225. The van der Waals surface area contributed by atoms with Crippen molar-refractivity contribution in [1.29, 1.82) is 0 Å². The maximum atomic E-state index is 4.88. The lowest BCUT2D eigenvalue weighted by Gasteiger charge is -2.35. The highest BCUT2D eigenvalue weighted by Gasteiger charge is 2.29. The van der Waals surface area contributed by atoms with Gasteiger partial charge in [0, 0.05) is 74.9 Å². The lowest BCUT2D eigenvalue weighted by Crippen LogP contribution is -2.46. The van der Waals surface area contributed by atoms with E-state index in [4.69, 9.17) is 9.97 Å².